The Morgan fingerprint density at radius 1 is 1.18 bits per heavy atom. The van der Waals surface area contributed by atoms with E-state index in [-0.39, 0.29) is 24.0 Å². The molecule has 0 spiro atoms. The molecule has 0 aromatic heterocycles. The molecule has 0 aliphatic carbocycles. The predicted octanol–water partition coefficient (Wildman–Crippen LogP) is 2.22. The van der Waals surface area contributed by atoms with Gasteiger partial charge in [0, 0.05) is 30.5 Å². The number of unbranched alkanes of at least 4 members (excludes halogenated alkanes) is 1. The molecule has 3 aliphatic heterocycles. The van der Waals surface area contributed by atoms with Crippen molar-refractivity contribution in [2.75, 3.05) is 18.8 Å². The first-order chi connectivity index (χ1) is 13.5. The van der Waals surface area contributed by atoms with Crippen LogP contribution in [0.1, 0.15) is 44.1 Å². The van der Waals surface area contributed by atoms with Crippen molar-refractivity contribution < 1.29 is 14.7 Å². The minimum atomic E-state index is -0.811. The zero-order valence-electron chi connectivity index (χ0n) is 16.1. The summed E-state index contributed by atoms with van der Waals surface area (Å²) in [6.45, 7) is 1.23. The highest BCUT2D eigenvalue weighted by Crippen LogP contribution is 2.34. The third-order valence-corrected chi connectivity index (χ3v) is 7.83. The number of fused-ring (bicyclic) bond motifs is 1. The molecule has 28 heavy (non-hydrogen) atoms. The fourth-order valence-corrected chi connectivity index (χ4v) is 6.13. The number of piperidine rings is 1. The van der Waals surface area contributed by atoms with Gasteiger partial charge in [-0.05, 0) is 31.2 Å². The summed E-state index contributed by atoms with van der Waals surface area (Å²) in [7, 11) is 0. The zero-order valence-corrected chi connectivity index (χ0v) is 16.9. The van der Waals surface area contributed by atoms with E-state index in [1.54, 1.807) is 0 Å². The van der Waals surface area contributed by atoms with E-state index in [2.05, 4.69) is 10.6 Å². The molecule has 0 bridgehead atoms. The summed E-state index contributed by atoms with van der Waals surface area (Å²) in [4.78, 5) is 25.9. The number of urea groups is 1. The number of thioether (sulfide) groups is 1. The maximum absolute atomic E-state index is 12.5. The van der Waals surface area contributed by atoms with Crippen molar-refractivity contribution in [2.45, 2.75) is 61.5 Å². The first-order valence-corrected chi connectivity index (χ1v) is 11.3. The number of benzene rings is 1. The topological polar surface area (TPSA) is 81.7 Å². The maximum Gasteiger partial charge on any atom is 0.315 e. The van der Waals surface area contributed by atoms with Crippen LogP contribution in [0.3, 0.4) is 0 Å². The lowest BCUT2D eigenvalue weighted by atomic mass is 9.84. The minimum Gasteiger partial charge on any atom is -0.385 e. The summed E-state index contributed by atoms with van der Waals surface area (Å²) in [6, 6.07) is 10.2. The summed E-state index contributed by atoms with van der Waals surface area (Å²) in [5, 5.41) is 17.3. The first-order valence-electron chi connectivity index (χ1n) is 10.3. The number of hydrogen-bond acceptors (Lipinski definition) is 4. The van der Waals surface area contributed by atoms with Crippen molar-refractivity contribution in [2.24, 2.45) is 0 Å². The van der Waals surface area contributed by atoms with Gasteiger partial charge in [0.05, 0.1) is 17.7 Å². The van der Waals surface area contributed by atoms with E-state index in [1.165, 1.54) is 0 Å². The lowest BCUT2D eigenvalue weighted by Crippen LogP contribution is -2.45. The average Bonchev–Trinajstić information content (AvgIpc) is 3.26. The number of hydrogen-bond donors (Lipinski definition) is 3. The van der Waals surface area contributed by atoms with Crippen LogP contribution in [0.2, 0.25) is 0 Å². The molecule has 3 amide bonds. The lowest BCUT2D eigenvalue weighted by Gasteiger charge is -2.38. The Bertz CT molecular complexity index is 706. The van der Waals surface area contributed by atoms with E-state index in [1.807, 2.05) is 47.0 Å². The van der Waals surface area contributed by atoms with Crippen LogP contribution in [0.5, 0.6) is 0 Å². The van der Waals surface area contributed by atoms with Gasteiger partial charge in [-0.2, -0.15) is 11.8 Å². The van der Waals surface area contributed by atoms with Gasteiger partial charge in [0.15, 0.2) is 0 Å². The highest BCUT2D eigenvalue weighted by Gasteiger charge is 2.42. The first kappa shape index (κ1) is 19.6. The van der Waals surface area contributed by atoms with Crippen molar-refractivity contribution in [3.63, 3.8) is 0 Å². The number of amides is 3. The number of rotatable bonds is 6. The van der Waals surface area contributed by atoms with Crippen LogP contribution in [-0.2, 0) is 10.4 Å². The number of carbonyl (C=O) groups excluding carboxylic acids is 2. The van der Waals surface area contributed by atoms with Gasteiger partial charge in [-0.1, -0.05) is 36.8 Å². The average molecular weight is 404 g/mol. The molecule has 6 nitrogen and oxygen atoms in total. The Morgan fingerprint density at radius 3 is 2.68 bits per heavy atom. The van der Waals surface area contributed by atoms with Crippen molar-refractivity contribution in [1.82, 2.24) is 15.5 Å². The van der Waals surface area contributed by atoms with Crippen LogP contribution < -0.4 is 10.6 Å². The fourth-order valence-electron chi connectivity index (χ4n) is 4.59. The van der Waals surface area contributed by atoms with E-state index in [9.17, 15) is 14.7 Å². The van der Waals surface area contributed by atoms with Crippen molar-refractivity contribution in [1.29, 1.82) is 0 Å². The van der Waals surface area contributed by atoms with Crippen LogP contribution in [0.25, 0.3) is 0 Å². The zero-order chi connectivity index (χ0) is 19.6. The number of nitrogens with zero attached hydrogens (tertiary/aromatic N) is 1. The molecule has 1 aromatic carbocycles. The van der Waals surface area contributed by atoms with E-state index < -0.39 is 5.60 Å². The van der Waals surface area contributed by atoms with Gasteiger partial charge in [0.1, 0.15) is 0 Å². The van der Waals surface area contributed by atoms with Gasteiger partial charge >= 0.3 is 6.03 Å². The number of carbonyl (C=O) groups is 2. The Balaban J connectivity index is 1.17. The minimum absolute atomic E-state index is 0.0453. The van der Waals surface area contributed by atoms with Gasteiger partial charge < -0.3 is 20.6 Å². The molecule has 7 heteroatoms. The molecule has 3 fully saturated rings. The molecular weight excluding hydrogens is 374 g/mol. The van der Waals surface area contributed by atoms with E-state index in [0.717, 1.165) is 30.6 Å². The molecule has 4 rings (SSSR count). The summed E-state index contributed by atoms with van der Waals surface area (Å²) in [5.74, 6) is 1.17. The largest absolute Gasteiger partial charge is 0.385 e. The highest BCUT2D eigenvalue weighted by molar-refractivity contribution is 8.00. The second-order valence-electron chi connectivity index (χ2n) is 8.15. The van der Waals surface area contributed by atoms with Gasteiger partial charge in [0.2, 0.25) is 5.91 Å². The Hall–Kier alpha value is -1.73. The molecule has 0 saturated carbocycles. The smallest absolute Gasteiger partial charge is 0.315 e. The highest BCUT2D eigenvalue weighted by atomic mass is 32.2. The second-order valence-corrected chi connectivity index (χ2v) is 9.42. The molecule has 3 saturated heterocycles. The summed E-state index contributed by atoms with van der Waals surface area (Å²) < 4.78 is 0. The molecule has 152 valence electrons. The maximum atomic E-state index is 12.5. The van der Waals surface area contributed by atoms with Crippen LogP contribution in [0.15, 0.2) is 30.3 Å². The quantitative estimate of drug-likeness (QED) is 0.503. The van der Waals surface area contributed by atoms with Gasteiger partial charge in [-0.15, -0.1) is 0 Å². The molecule has 0 unspecified atom stereocenters. The van der Waals surface area contributed by atoms with E-state index >= 15 is 0 Å². The molecule has 3 aliphatic rings. The molecule has 3 N–H and O–H groups in total. The monoisotopic (exact) mass is 403 g/mol. The number of likely N-dealkylation sites (tertiary alicyclic amines) is 1. The molecule has 3 heterocycles. The fraction of sp³-hybridized carbons (Fsp3) is 0.619. The van der Waals surface area contributed by atoms with Gasteiger partial charge in [-0.25, -0.2) is 4.79 Å². The van der Waals surface area contributed by atoms with Gasteiger partial charge in [0.25, 0.3) is 0 Å². The summed E-state index contributed by atoms with van der Waals surface area (Å²) in [5.41, 5.74) is 0.136. The SMILES string of the molecule is O=C1N[C@H]2[C@H](CS[C@H]2CCCCC(=O)N2CCC(O)(c3ccccc3)CC2)N1. The Kier molecular flexibility index (Phi) is 5.83. The van der Waals surface area contributed by atoms with Crippen LogP contribution in [0.4, 0.5) is 4.79 Å². The molecule has 3 atom stereocenters. The van der Waals surface area contributed by atoms with Crippen molar-refractivity contribution >= 4 is 23.7 Å². The summed E-state index contributed by atoms with van der Waals surface area (Å²) >= 11 is 1.92. The predicted molar refractivity (Wildman–Crippen MR) is 110 cm³/mol. The molecule has 1 aromatic rings. The van der Waals surface area contributed by atoms with Gasteiger partial charge in [-0.3, -0.25) is 4.79 Å². The van der Waals surface area contributed by atoms with Crippen molar-refractivity contribution in [3.05, 3.63) is 35.9 Å². The van der Waals surface area contributed by atoms with E-state index in [0.29, 0.717) is 37.6 Å². The standard InChI is InChI=1S/C21H29N3O3S/c25-18(9-5-4-8-17-19-16(14-28-17)22-20(26)23-19)24-12-10-21(27,11-13-24)15-6-2-1-3-7-15/h1-3,6-7,16-17,19,27H,4-5,8-14H2,(H2,22,23,26)/t16-,17-,19-/m0/s1. The van der Waals surface area contributed by atoms with E-state index in [4.69, 9.17) is 0 Å². The third kappa shape index (κ3) is 4.15. The normalized spacial score (nSPS) is 28.5. The van der Waals surface area contributed by atoms with Crippen LogP contribution >= 0.6 is 11.8 Å². The Morgan fingerprint density at radius 2 is 1.93 bits per heavy atom. The second kappa shape index (κ2) is 8.33. The van der Waals surface area contributed by atoms with Crippen LogP contribution in [-0.4, -0.2) is 58.1 Å². The molecule has 0 radical (unpaired) electrons. The third-order valence-electron chi connectivity index (χ3n) is 6.32. The van der Waals surface area contributed by atoms with Crippen molar-refractivity contribution in [3.8, 4) is 0 Å². The van der Waals surface area contributed by atoms with Crippen LogP contribution in [0, 0.1) is 0 Å². The molecular formula is C21H29N3O3S. The number of aliphatic hydroxyl groups is 1. The Labute approximate surface area is 170 Å². The summed E-state index contributed by atoms with van der Waals surface area (Å²) in [6.07, 6.45) is 4.68. The number of nitrogens with one attached hydrogen (secondary N) is 2. The lowest BCUT2D eigenvalue weighted by molar-refractivity contribution is -0.135.